The molecule has 2 nitrogen and oxygen atoms in total. The molecule has 0 atom stereocenters. The summed E-state index contributed by atoms with van der Waals surface area (Å²) in [5, 5.41) is 1.60. The summed E-state index contributed by atoms with van der Waals surface area (Å²) in [6, 6.07) is 5.07. The standard InChI is InChI=1S/C8H8Cl2N2S/c1-13-8(11)12-7-4-5(9)2-3-6(7)10/h2-4H,1H3,(H2,11,12). The van der Waals surface area contributed by atoms with Crippen molar-refractivity contribution in [2.45, 2.75) is 0 Å². The average Bonchev–Trinajstić information content (AvgIpc) is 2.11. The van der Waals surface area contributed by atoms with E-state index in [-0.39, 0.29) is 0 Å². The zero-order chi connectivity index (χ0) is 9.84. The molecule has 2 N–H and O–H groups in total. The van der Waals surface area contributed by atoms with Crippen LogP contribution in [-0.2, 0) is 0 Å². The smallest absolute Gasteiger partial charge is 0.158 e. The molecule has 0 aliphatic heterocycles. The van der Waals surface area contributed by atoms with E-state index >= 15 is 0 Å². The van der Waals surface area contributed by atoms with Crippen molar-refractivity contribution in [3.63, 3.8) is 0 Å². The summed E-state index contributed by atoms with van der Waals surface area (Å²) < 4.78 is 0. The molecule has 0 amide bonds. The van der Waals surface area contributed by atoms with Crippen molar-refractivity contribution < 1.29 is 0 Å². The van der Waals surface area contributed by atoms with Crippen molar-refractivity contribution in [1.82, 2.24) is 0 Å². The normalized spacial score (nSPS) is 11.8. The third-order valence-corrected chi connectivity index (χ3v) is 2.41. The van der Waals surface area contributed by atoms with E-state index in [1.54, 1.807) is 18.2 Å². The number of aliphatic imine (C=N–C) groups is 1. The first-order chi connectivity index (χ1) is 6.13. The van der Waals surface area contributed by atoms with Crippen LogP contribution in [0.25, 0.3) is 0 Å². The summed E-state index contributed by atoms with van der Waals surface area (Å²) in [6.45, 7) is 0. The minimum atomic E-state index is 0.462. The van der Waals surface area contributed by atoms with Crippen molar-refractivity contribution in [1.29, 1.82) is 0 Å². The van der Waals surface area contributed by atoms with Crippen LogP contribution in [0.5, 0.6) is 0 Å². The molecule has 0 heterocycles. The predicted octanol–water partition coefficient (Wildman–Crippen LogP) is 3.30. The lowest BCUT2D eigenvalue weighted by atomic mass is 10.3. The van der Waals surface area contributed by atoms with Crippen LogP contribution in [-0.4, -0.2) is 11.4 Å². The molecule has 13 heavy (non-hydrogen) atoms. The molecular formula is C8H8Cl2N2S. The van der Waals surface area contributed by atoms with Crippen LogP contribution in [0.3, 0.4) is 0 Å². The Bertz CT molecular complexity index is 339. The van der Waals surface area contributed by atoms with E-state index in [2.05, 4.69) is 4.99 Å². The highest BCUT2D eigenvalue weighted by Gasteiger charge is 2.00. The van der Waals surface area contributed by atoms with Crippen LogP contribution in [0, 0.1) is 0 Å². The fourth-order valence-electron chi connectivity index (χ4n) is 0.736. The van der Waals surface area contributed by atoms with Gasteiger partial charge in [-0.1, -0.05) is 35.0 Å². The van der Waals surface area contributed by atoms with Crippen LogP contribution in [0.1, 0.15) is 0 Å². The Hall–Kier alpha value is -0.380. The molecule has 0 unspecified atom stereocenters. The molecule has 5 heteroatoms. The van der Waals surface area contributed by atoms with Gasteiger partial charge >= 0.3 is 0 Å². The van der Waals surface area contributed by atoms with Gasteiger partial charge in [0.25, 0.3) is 0 Å². The molecule has 1 aromatic carbocycles. The van der Waals surface area contributed by atoms with E-state index in [9.17, 15) is 0 Å². The monoisotopic (exact) mass is 234 g/mol. The van der Waals surface area contributed by atoms with Gasteiger partial charge < -0.3 is 5.73 Å². The molecule has 70 valence electrons. The van der Waals surface area contributed by atoms with Crippen molar-refractivity contribution in [2.75, 3.05) is 6.26 Å². The highest BCUT2D eigenvalue weighted by Crippen LogP contribution is 2.28. The molecule has 0 aliphatic rings. The molecule has 0 aromatic heterocycles. The van der Waals surface area contributed by atoms with Crippen molar-refractivity contribution >= 4 is 45.8 Å². The van der Waals surface area contributed by atoms with Gasteiger partial charge in [-0.15, -0.1) is 0 Å². The van der Waals surface area contributed by atoms with E-state index < -0.39 is 0 Å². The Labute approximate surface area is 91.1 Å². The SMILES string of the molecule is CSC(N)=Nc1cc(Cl)ccc1Cl. The van der Waals surface area contributed by atoms with Gasteiger partial charge in [0, 0.05) is 5.02 Å². The van der Waals surface area contributed by atoms with Crippen LogP contribution in [0.2, 0.25) is 10.0 Å². The van der Waals surface area contributed by atoms with E-state index in [1.807, 2.05) is 6.26 Å². The van der Waals surface area contributed by atoms with Crippen molar-refractivity contribution in [2.24, 2.45) is 10.7 Å². The van der Waals surface area contributed by atoms with Crippen LogP contribution < -0.4 is 5.73 Å². The first-order valence-corrected chi connectivity index (χ1v) is 5.44. The number of hydrogen-bond donors (Lipinski definition) is 1. The highest BCUT2D eigenvalue weighted by molar-refractivity contribution is 8.13. The number of hydrogen-bond acceptors (Lipinski definition) is 2. The summed E-state index contributed by atoms with van der Waals surface area (Å²) in [5.74, 6) is 0. The lowest BCUT2D eigenvalue weighted by Crippen LogP contribution is -2.04. The highest BCUT2D eigenvalue weighted by atomic mass is 35.5. The molecule has 0 bridgehead atoms. The molecule has 0 saturated carbocycles. The second kappa shape index (κ2) is 4.74. The van der Waals surface area contributed by atoms with E-state index in [1.165, 1.54) is 11.8 Å². The lowest BCUT2D eigenvalue weighted by molar-refractivity contribution is 1.51. The number of rotatable bonds is 1. The first-order valence-electron chi connectivity index (χ1n) is 3.46. The predicted molar refractivity (Wildman–Crippen MR) is 61.3 cm³/mol. The Morgan fingerprint density at radius 1 is 1.46 bits per heavy atom. The van der Waals surface area contributed by atoms with Crippen molar-refractivity contribution in [3.05, 3.63) is 28.2 Å². The van der Waals surface area contributed by atoms with Gasteiger partial charge in [0.2, 0.25) is 0 Å². The Balaban J connectivity index is 3.07. The van der Waals surface area contributed by atoms with Gasteiger partial charge in [-0.25, -0.2) is 4.99 Å². The second-order valence-corrected chi connectivity index (χ2v) is 3.92. The van der Waals surface area contributed by atoms with Crippen LogP contribution in [0.4, 0.5) is 5.69 Å². The Morgan fingerprint density at radius 2 is 2.15 bits per heavy atom. The maximum absolute atomic E-state index is 5.87. The quantitative estimate of drug-likeness (QED) is 0.599. The van der Waals surface area contributed by atoms with Gasteiger partial charge in [-0.3, -0.25) is 0 Å². The van der Waals surface area contributed by atoms with Gasteiger partial charge in [0.05, 0.1) is 10.7 Å². The van der Waals surface area contributed by atoms with E-state index in [4.69, 9.17) is 28.9 Å². The number of amidine groups is 1. The minimum Gasteiger partial charge on any atom is -0.378 e. The molecule has 1 rings (SSSR count). The number of halogens is 2. The first kappa shape index (κ1) is 10.7. The number of benzene rings is 1. The zero-order valence-corrected chi connectivity index (χ0v) is 9.25. The third-order valence-electron chi connectivity index (χ3n) is 1.35. The molecule has 0 radical (unpaired) electrons. The molecule has 0 aliphatic carbocycles. The molecule has 1 aromatic rings. The molecule has 0 spiro atoms. The molecular weight excluding hydrogens is 227 g/mol. The van der Waals surface area contributed by atoms with Crippen molar-refractivity contribution in [3.8, 4) is 0 Å². The van der Waals surface area contributed by atoms with Crippen LogP contribution in [0.15, 0.2) is 23.2 Å². The topological polar surface area (TPSA) is 38.4 Å². The van der Waals surface area contributed by atoms with Gasteiger partial charge in [0.15, 0.2) is 5.17 Å². The number of thioether (sulfide) groups is 1. The average molecular weight is 235 g/mol. The van der Waals surface area contributed by atoms with Crippen LogP contribution >= 0.6 is 35.0 Å². The fraction of sp³-hybridized carbons (Fsp3) is 0.125. The summed E-state index contributed by atoms with van der Waals surface area (Å²) in [4.78, 5) is 4.08. The van der Waals surface area contributed by atoms with Gasteiger partial charge in [-0.05, 0) is 24.5 Å². The van der Waals surface area contributed by atoms with Gasteiger partial charge in [-0.2, -0.15) is 0 Å². The summed E-state index contributed by atoms with van der Waals surface area (Å²) in [7, 11) is 0. The van der Waals surface area contributed by atoms with E-state index in [0.29, 0.717) is 20.9 Å². The Morgan fingerprint density at radius 3 is 2.77 bits per heavy atom. The maximum atomic E-state index is 5.87. The molecule has 0 saturated heterocycles. The summed E-state index contributed by atoms with van der Waals surface area (Å²) in [5.41, 5.74) is 6.13. The number of nitrogens with two attached hydrogens (primary N) is 1. The molecule has 0 fully saturated rings. The van der Waals surface area contributed by atoms with E-state index in [0.717, 1.165) is 0 Å². The minimum absolute atomic E-state index is 0.462. The zero-order valence-electron chi connectivity index (χ0n) is 6.92. The second-order valence-electron chi connectivity index (χ2n) is 2.25. The number of nitrogens with zero attached hydrogens (tertiary/aromatic N) is 1. The largest absolute Gasteiger partial charge is 0.378 e. The maximum Gasteiger partial charge on any atom is 0.158 e. The summed E-state index contributed by atoms with van der Waals surface area (Å²) in [6.07, 6.45) is 1.84. The van der Waals surface area contributed by atoms with Gasteiger partial charge in [0.1, 0.15) is 0 Å². The summed E-state index contributed by atoms with van der Waals surface area (Å²) >= 11 is 13.0. The lowest BCUT2D eigenvalue weighted by Gasteiger charge is -1.99. The fourth-order valence-corrected chi connectivity index (χ4v) is 1.25. The third kappa shape index (κ3) is 3.10. The Kier molecular flexibility index (Phi) is 3.90.